The molecule has 0 amide bonds. The van der Waals surface area contributed by atoms with Crippen LogP contribution in [0.1, 0.15) is 46.5 Å². The maximum atomic E-state index is 4.82. The number of allylic oxidation sites excluding steroid dienone is 3. The highest BCUT2D eigenvalue weighted by Gasteiger charge is 2.33. The van der Waals surface area contributed by atoms with Gasteiger partial charge in [0.1, 0.15) is 0 Å². The number of rotatable bonds is 4. The largest absolute Gasteiger partial charge is 0.270 e. The Bertz CT molecular complexity index is 648. The zero-order chi connectivity index (χ0) is 15.7. The maximum absolute atomic E-state index is 4.82. The lowest BCUT2D eigenvalue weighted by Crippen LogP contribution is -2.20. The summed E-state index contributed by atoms with van der Waals surface area (Å²) in [7, 11) is 1.81. The zero-order valence-electron chi connectivity index (χ0n) is 14.1. The van der Waals surface area contributed by atoms with Crippen LogP contribution in [0.5, 0.6) is 0 Å². The third-order valence-electron chi connectivity index (χ3n) is 4.62. The highest BCUT2D eigenvalue weighted by atomic mass is 14.9. The minimum Gasteiger partial charge on any atom is -0.270 e. The molecule has 3 heteroatoms. The van der Waals surface area contributed by atoms with Crippen LogP contribution in [-0.4, -0.2) is 24.3 Å². The molecule has 116 valence electrons. The lowest BCUT2D eigenvalue weighted by Gasteiger charge is -2.17. The summed E-state index contributed by atoms with van der Waals surface area (Å²) in [5.41, 5.74) is 5.95. The van der Waals surface area contributed by atoms with E-state index in [1.807, 2.05) is 14.0 Å². The van der Waals surface area contributed by atoms with Gasteiger partial charge < -0.3 is 0 Å². The smallest absolute Gasteiger partial charge is 0.154 e. The number of amidine groups is 1. The van der Waals surface area contributed by atoms with E-state index in [2.05, 4.69) is 37.2 Å². The number of hydrogen-bond donors (Lipinski definition) is 0. The van der Waals surface area contributed by atoms with Crippen molar-refractivity contribution in [2.24, 2.45) is 26.8 Å². The topological polar surface area (TPSA) is 37.1 Å². The first-order valence-electron chi connectivity index (χ1n) is 8.29. The Balaban J connectivity index is 1.92. The van der Waals surface area contributed by atoms with Gasteiger partial charge in [0, 0.05) is 36.0 Å². The number of nitrogens with zero attached hydrogens (tertiary/aromatic N) is 3. The van der Waals surface area contributed by atoms with Crippen LogP contribution in [0.15, 0.2) is 50.0 Å². The zero-order valence-corrected chi connectivity index (χ0v) is 14.1. The average molecular weight is 295 g/mol. The van der Waals surface area contributed by atoms with Crippen molar-refractivity contribution in [1.29, 1.82) is 0 Å². The van der Waals surface area contributed by atoms with Gasteiger partial charge in [-0.25, -0.2) is 4.99 Å². The van der Waals surface area contributed by atoms with Crippen molar-refractivity contribution in [2.45, 2.75) is 46.5 Å². The van der Waals surface area contributed by atoms with E-state index in [1.165, 1.54) is 42.5 Å². The molecule has 0 spiro atoms. The van der Waals surface area contributed by atoms with Gasteiger partial charge >= 0.3 is 0 Å². The molecule has 0 aromatic rings. The second-order valence-electron chi connectivity index (χ2n) is 6.48. The van der Waals surface area contributed by atoms with Gasteiger partial charge in [0.15, 0.2) is 5.84 Å². The highest BCUT2D eigenvalue weighted by Crippen LogP contribution is 2.37. The Labute approximate surface area is 133 Å². The highest BCUT2D eigenvalue weighted by molar-refractivity contribution is 6.31. The first kappa shape index (κ1) is 15.1. The normalized spacial score (nSPS) is 27.3. The first-order valence-corrected chi connectivity index (χ1v) is 8.29. The summed E-state index contributed by atoms with van der Waals surface area (Å²) in [5.74, 6) is 2.23. The van der Waals surface area contributed by atoms with E-state index in [4.69, 9.17) is 9.98 Å². The summed E-state index contributed by atoms with van der Waals surface area (Å²) in [6.45, 7) is 6.33. The fraction of sp³-hybridized carbons (Fsp3) is 0.526. The second kappa shape index (κ2) is 6.15. The van der Waals surface area contributed by atoms with Crippen LogP contribution in [0.25, 0.3) is 0 Å². The SMILES string of the molecule is C/C=C1C=C(/C(C)=N/C=C(\C)C2CC2)C(C2CC2)=NC/1=N/C. The Morgan fingerprint density at radius 3 is 2.50 bits per heavy atom. The predicted octanol–water partition coefficient (Wildman–Crippen LogP) is 4.53. The Hall–Kier alpha value is -1.77. The minimum atomic E-state index is 0.597. The fourth-order valence-electron chi connectivity index (χ4n) is 2.79. The molecule has 3 aliphatic rings. The second-order valence-corrected chi connectivity index (χ2v) is 6.48. The van der Waals surface area contributed by atoms with E-state index in [9.17, 15) is 0 Å². The molecular formula is C19H25N3. The first-order chi connectivity index (χ1) is 10.6. The van der Waals surface area contributed by atoms with Gasteiger partial charge in [-0.05, 0) is 58.4 Å². The molecular weight excluding hydrogens is 270 g/mol. The molecule has 3 nitrogen and oxygen atoms in total. The molecule has 0 aromatic heterocycles. The Morgan fingerprint density at radius 2 is 1.95 bits per heavy atom. The van der Waals surface area contributed by atoms with Gasteiger partial charge in [-0.2, -0.15) is 0 Å². The summed E-state index contributed by atoms with van der Waals surface area (Å²) < 4.78 is 0. The molecule has 1 heterocycles. The molecule has 3 rings (SSSR count). The van der Waals surface area contributed by atoms with Gasteiger partial charge in [0.2, 0.25) is 0 Å². The van der Waals surface area contributed by atoms with Crippen molar-refractivity contribution in [3.8, 4) is 0 Å². The van der Waals surface area contributed by atoms with E-state index in [0.29, 0.717) is 5.92 Å². The van der Waals surface area contributed by atoms with Crippen molar-refractivity contribution >= 4 is 17.3 Å². The fourth-order valence-corrected chi connectivity index (χ4v) is 2.79. The maximum Gasteiger partial charge on any atom is 0.154 e. The van der Waals surface area contributed by atoms with E-state index in [1.54, 1.807) is 0 Å². The van der Waals surface area contributed by atoms with Crippen molar-refractivity contribution < 1.29 is 0 Å². The van der Waals surface area contributed by atoms with Crippen molar-refractivity contribution in [2.75, 3.05) is 7.05 Å². The molecule has 2 aliphatic carbocycles. The molecule has 0 aromatic carbocycles. The van der Waals surface area contributed by atoms with E-state index in [-0.39, 0.29) is 0 Å². The molecule has 2 saturated carbocycles. The summed E-state index contributed by atoms with van der Waals surface area (Å²) >= 11 is 0. The number of dihydropyridines is 1. The lowest BCUT2D eigenvalue weighted by molar-refractivity contribution is 0.996. The Kier molecular flexibility index (Phi) is 4.23. The van der Waals surface area contributed by atoms with Crippen LogP contribution in [0, 0.1) is 11.8 Å². The molecule has 0 unspecified atom stereocenters. The Morgan fingerprint density at radius 1 is 1.23 bits per heavy atom. The van der Waals surface area contributed by atoms with Crippen LogP contribution in [-0.2, 0) is 0 Å². The molecule has 22 heavy (non-hydrogen) atoms. The third kappa shape index (κ3) is 3.18. The van der Waals surface area contributed by atoms with Crippen LogP contribution in [0.4, 0.5) is 0 Å². The van der Waals surface area contributed by atoms with E-state index >= 15 is 0 Å². The molecule has 0 atom stereocenters. The van der Waals surface area contributed by atoms with E-state index in [0.717, 1.165) is 23.0 Å². The number of aliphatic imine (C=N–C) groups is 3. The standard InChI is InChI=1S/C19H25N3/c1-5-14-10-17(13(3)21-11-12(2)15-6-7-15)18(16-8-9-16)22-19(14)20-4/h5,10-11,15-16H,6-9H2,1-4H3/b12-11+,14-5-,20-19+,21-13+. The summed E-state index contributed by atoms with van der Waals surface area (Å²) in [5, 5.41) is 0. The molecule has 0 saturated heterocycles. The number of hydrogen-bond acceptors (Lipinski definition) is 2. The van der Waals surface area contributed by atoms with E-state index < -0.39 is 0 Å². The average Bonchev–Trinajstić information content (AvgIpc) is 3.41. The van der Waals surface area contributed by atoms with Crippen LogP contribution >= 0.6 is 0 Å². The summed E-state index contributed by atoms with van der Waals surface area (Å²) in [4.78, 5) is 13.9. The third-order valence-corrected chi connectivity index (χ3v) is 4.62. The van der Waals surface area contributed by atoms with Gasteiger partial charge in [-0.15, -0.1) is 0 Å². The monoisotopic (exact) mass is 295 g/mol. The minimum absolute atomic E-state index is 0.597. The van der Waals surface area contributed by atoms with Crippen LogP contribution in [0.2, 0.25) is 0 Å². The van der Waals surface area contributed by atoms with Crippen molar-refractivity contribution in [3.63, 3.8) is 0 Å². The van der Waals surface area contributed by atoms with Crippen molar-refractivity contribution in [3.05, 3.63) is 35.1 Å². The molecule has 2 fully saturated rings. The molecule has 0 bridgehead atoms. The summed E-state index contributed by atoms with van der Waals surface area (Å²) in [6, 6.07) is 0. The van der Waals surface area contributed by atoms with Crippen LogP contribution < -0.4 is 0 Å². The molecule has 0 N–H and O–H groups in total. The lowest BCUT2D eigenvalue weighted by atomic mass is 9.95. The van der Waals surface area contributed by atoms with Crippen LogP contribution in [0.3, 0.4) is 0 Å². The molecule has 0 radical (unpaired) electrons. The van der Waals surface area contributed by atoms with Gasteiger partial charge in [-0.3, -0.25) is 9.98 Å². The predicted molar refractivity (Wildman–Crippen MR) is 94.9 cm³/mol. The molecule has 1 aliphatic heterocycles. The van der Waals surface area contributed by atoms with Crippen molar-refractivity contribution in [1.82, 2.24) is 0 Å². The van der Waals surface area contributed by atoms with Gasteiger partial charge in [-0.1, -0.05) is 11.6 Å². The summed E-state index contributed by atoms with van der Waals surface area (Å²) in [6.07, 6.45) is 11.5. The van der Waals surface area contributed by atoms with Gasteiger partial charge in [0.25, 0.3) is 0 Å². The van der Waals surface area contributed by atoms with Gasteiger partial charge in [0.05, 0.1) is 5.71 Å². The quantitative estimate of drug-likeness (QED) is 0.684.